The van der Waals surface area contributed by atoms with Gasteiger partial charge in [0, 0.05) is 29.3 Å². The summed E-state index contributed by atoms with van der Waals surface area (Å²) in [7, 11) is 3.55. The zero-order chi connectivity index (χ0) is 11.9. The van der Waals surface area contributed by atoms with E-state index in [4.69, 9.17) is 10.7 Å². The molecule has 2 rings (SSSR count). The molecule has 0 saturated carbocycles. The molecule has 0 aliphatic rings. The number of nitrogens with zero attached hydrogens (tertiary/aromatic N) is 1. The number of fused-ring (bicyclic) bond motifs is 1. The minimum atomic E-state index is -3.68. The Kier molecular flexibility index (Phi) is 2.72. The quantitative estimate of drug-likeness (QED) is 0.776. The second-order valence-corrected chi connectivity index (χ2v) is 6.24. The van der Waals surface area contributed by atoms with Crippen LogP contribution in [0.2, 0.25) is 0 Å². The zero-order valence-electron chi connectivity index (χ0n) is 9.07. The van der Waals surface area contributed by atoms with Gasteiger partial charge in [0.05, 0.1) is 5.52 Å². The topological polar surface area (TPSA) is 39.1 Å². The second kappa shape index (κ2) is 3.79. The molecule has 0 saturated heterocycles. The molecule has 86 valence electrons. The van der Waals surface area contributed by atoms with E-state index in [0.29, 0.717) is 5.39 Å². The summed E-state index contributed by atoms with van der Waals surface area (Å²) < 4.78 is 24.6. The molecule has 5 heteroatoms. The molecular formula is C11H12ClNO2S. The summed E-state index contributed by atoms with van der Waals surface area (Å²) >= 11 is 0. The van der Waals surface area contributed by atoms with E-state index in [2.05, 4.69) is 0 Å². The van der Waals surface area contributed by atoms with Crippen molar-refractivity contribution in [3.8, 4) is 0 Å². The Bertz CT molecular complexity index is 643. The third-order valence-corrected chi connectivity index (χ3v) is 4.04. The lowest BCUT2D eigenvalue weighted by atomic mass is 10.1. The summed E-state index contributed by atoms with van der Waals surface area (Å²) in [5.74, 6) is 0. The van der Waals surface area contributed by atoms with E-state index in [9.17, 15) is 8.42 Å². The van der Waals surface area contributed by atoms with Gasteiger partial charge in [-0.15, -0.1) is 0 Å². The van der Waals surface area contributed by atoms with Gasteiger partial charge in [-0.2, -0.15) is 0 Å². The van der Waals surface area contributed by atoms with Gasteiger partial charge < -0.3 is 4.57 Å². The average Bonchev–Trinajstić information content (AvgIpc) is 2.56. The first-order valence-electron chi connectivity index (χ1n) is 4.96. The molecule has 1 heterocycles. The number of benzene rings is 1. The molecule has 1 aromatic carbocycles. The van der Waals surface area contributed by atoms with E-state index in [1.54, 1.807) is 12.3 Å². The summed E-state index contributed by atoms with van der Waals surface area (Å²) in [4.78, 5) is 0.182. The van der Waals surface area contributed by atoms with Crippen molar-refractivity contribution in [2.75, 3.05) is 0 Å². The molecule has 0 atom stereocenters. The first kappa shape index (κ1) is 11.5. The lowest BCUT2D eigenvalue weighted by Crippen LogP contribution is -1.89. The molecule has 0 bridgehead atoms. The number of aromatic nitrogens is 1. The van der Waals surface area contributed by atoms with E-state index in [1.807, 2.05) is 30.7 Å². The molecule has 0 fully saturated rings. The highest BCUT2D eigenvalue weighted by Gasteiger charge is 2.18. The molecule has 0 N–H and O–H groups in total. The van der Waals surface area contributed by atoms with Crippen molar-refractivity contribution in [3.05, 3.63) is 30.0 Å². The van der Waals surface area contributed by atoms with Crippen LogP contribution in [0.1, 0.15) is 12.5 Å². The van der Waals surface area contributed by atoms with Crippen molar-refractivity contribution < 1.29 is 8.42 Å². The summed E-state index contributed by atoms with van der Waals surface area (Å²) in [6.45, 7) is 2.04. The maximum absolute atomic E-state index is 11.4. The van der Waals surface area contributed by atoms with E-state index in [1.165, 1.54) is 0 Å². The molecule has 0 aliphatic carbocycles. The molecular weight excluding hydrogens is 246 g/mol. The van der Waals surface area contributed by atoms with Gasteiger partial charge in [-0.3, -0.25) is 0 Å². The third kappa shape index (κ3) is 1.72. The molecule has 0 radical (unpaired) electrons. The normalized spacial score (nSPS) is 12.2. The highest BCUT2D eigenvalue weighted by Crippen LogP contribution is 2.29. The number of halogens is 1. The van der Waals surface area contributed by atoms with Crippen molar-refractivity contribution in [2.24, 2.45) is 7.05 Å². The number of aryl methyl sites for hydroxylation is 2. The van der Waals surface area contributed by atoms with Gasteiger partial charge in [0.25, 0.3) is 9.05 Å². The maximum Gasteiger partial charge on any atom is 0.263 e. The van der Waals surface area contributed by atoms with Crippen LogP contribution in [0.5, 0.6) is 0 Å². The van der Waals surface area contributed by atoms with E-state index >= 15 is 0 Å². The third-order valence-electron chi connectivity index (χ3n) is 2.69. The first-order valence-corrected chi connectivity index (χ1v) is 7.27. The maximum atomic E-state index is 11.4. The molecule has 3 nitrogen and oxygen atoms in total. The van der Waals surface area contributed by atoms with Crippen molar-refractivity contribution in [2.45, 2.75) is 18.2 Å². The minimum Gasteiger partial charge on any atom is -0.349 e. The zero-order valence-corrected chi connectivity index (χ0v) is 10.6. The fraction of sp³-hybridized carbons (Fsp3) is 0.273. The van der Waals surface area contributed by atoms with Crippen LogP contribution in [-0.4, -0.2) is 13.0 Å². The number of hydrogen-bond acceptors (Lipinski definition) is 2. The highest BCUT2D eigenvalue weighted by molar-refractivity contribution is 8.14. The summed E-state index contributed by atoms with van der Waals surface area (Å²) in [6.07, 6.45) is 2.42. The SMILES string of the molecule is CCc1cccc2c(S(=O)(=O)Cl)cn(C)c12. The van der Waals surface area contributed by atoms with Gasteiger partial charge in [0.1, 0.15) is 4.90 Å². The lowest BCUT2D eigenvalue weighted by molar-refractivity contribution is 0.610. The molecule has 0 unspecified atom stereocenters. The van der Waals surface area contributed by atoms with Crippen LogP contribution in [0.3, 0.4) is 0 Å². The van der Waals surface area contributed by atoms with Crippen LogP contribution >= 0.6 is 10.7 Å². The predicted molar refractivity (Wildman–Crippen MR) is 65.3 cm³/mol. The monoisotopic (exact) mass is 257 g/mol. The van der Waals surface area contributed by atoms with Gasteiger partial charge in [-0.1, -0.05) is 25.1 Å². The molecule has 16 heavy (non-hydrogen) atoms. The van der Waals surface area contributed by atoms with Gasteiger partial charge >= 0.3 is 0 Å². The fourth-order valence-electron chi connectivity index (χ4n) is 2.00. The Labute approximate surface area is 99.1 Å². The lowest BCUT2D eigenvalue weighted by Gasteiger charge is -2.02. The van der Waals surface area contributed by atoms with Crippen molar-refractivity contribution >= 4 is 30.6 Å². The van der Waals surface area contributed by atoms with Crippen molar-refractivity contribution in [3.63, 3.8) is 0 Å². The molecule has 0 spiro atoms. The standard InChI is InChI=1S/C11H12ClNO2S/c1-3-8-5-4-6-9-10(16(12,14)15)7-13(2)11(8)9/h4-7H,3H2,1-2H3. The fourth-order valence-corrected chi connectivity index (χ4v) is 3.08. The van der Waals surface area contributed by atoms with Crippen LogP contribution < -0.4 is 0 Å². The van der Waals surface area contributed by atoms with Crippen LogP contribution in [-0.2, 0) is 22.5 Å². The minimum absolute atomic E-state index is 0.182. The van der Waals surface area contributed by atoms with Crippen LogP contribution in [0.15, 0.2) is 29.3 Å². The van der Waals surface area contributed by atoms with Crippen molar-refractivity contribution in [1.82, 2.24) is 4.57 Å². The number of rotatable bonds is 2. The average molecular weight is 258 g/mol. The Morgan fingerprint density at radius 3 is 2.62 bits per heavy atom. The highest BCUT2D eigenvalue weighted by atomic mass is 35.7. The van der Waals surface area contributed by atoms with Crippen LogP contribution in [0.4, 0.5) is 0 Å². The Balaban J connectivity index is 2.93. The Morgan fingerprint density at radius 1 is 1.38 bits per heavy atom. The van der Waals surface area contributed by atoms with E-state index in [-0.39, 0.29) is 4.90 Å². The summed E-state index contributed by atoms with van der Waals surface area (Å²) in [5.41, 5.74) is 2.05. The molecule has 1 aromatic heterocycles. The van der Waals surface area contributed by atoms with Gasteiger partial charge in [-0.25, -0.2) is 8.42 Å². The largest absolute Gasteiger partial charge is 0.349 e. The van der Waals surface area contributed by atoms with Gasteiger partial charge in [-0.05, 0) is 12.0 Å². The number of para-hydroxylation sites is 1. The second-order valence-electron chi connectivity index (χ2n) is 3.71. The van der Waals surface area contributed by atoms with E-state index < -0.39 is 9.05 Å². The van der Waals surface area contributed by atoms with Gasteiger partial charge in [0.2, 0.25) is 0 Å². The summed E-state index contributed by atoms with van der Waals surface area (Å²) in [5, 5.41) is 0.692. The number of hydrogen-bond donors (Lipinski definition) is 0. The molecule has 0 amide bonds. The predicted octanol–water partition coefficient (Wildman–Crippen LogP) is 2.67. The molecule has 0 aliphatic heterocycles. The van der Waals surface area contributed by atoms with Crippen LogP contribution in [0, 0.1) is 0 Å². The summed E-state index contributed by atoms with van der Waals surface area (Å²) in [6, 6.07) is 5.63. The smallest absolute Gasteiger partial charge is 0.263 e. The van der Waals surface area contributed by atoms with Crippen molar-refractivity contribution in [1.29, 1.82) is 0 Å². The van der Waals surface area contributed by atoms with Crippen LogP contribution in [0.25, 0.3) is 10.9 Å². The Morgan fingerprint density at radius 2 is 2.06 bits per heavy atom. The van der Waals surface area contributed by atoms with Gasteiger partial charge in [0.15, 0.2) is 0 Å². The Hall–Kier alpha value is -1.00. The molecule has 2 aromatic rings. The first-order chi connectivity index (χ1) is 7.45. The van der Waals surface area contributed by atoms with E-state index in [0.717, 1.165) is 17.5 Å².